The summed E-state index contributed by atoms with van der Waals surface area (Å²) < 4.78 is 138. The normalized spacial score (nSPS) is 11.1. The largest absolute Gasteiger partial charge is 0.446 e. The Morgan fingerprint density at radius 1 is 0.571 bits per heavy atom. The molecule has 0 radical (unpaired) electrons. The fourth-order valence-electron chi connectivity index (χ4n) is 1.99. The minimum atomic E-state index is -5.88. The standard InChI is InChI=1S/C15F10N2O/c16-6-3(1-26)7(17)10(20)13(4(6)2-27)28-14-11(21)8(18)5(15(23,24)25)9(19)12(14)22. The molecule has 0 aliphatic carbocycles. The smallest absolute Gasteiger partial charge is 0.422 e. The maximum Gasteiger partial charge on any atom is 0.422 e. The third-order valence-corrected chi connectivity index (χ3v) is 3.21. The molecular weight excluding hydrogens is 414 g/mol. The zero-order chi connectivity index (χ0) is 21.5. The summed E-state index contributed by atoms with van der Waals surface area (Å²) in [6.45, 7) is 0. The van der Waals surface area contributed by atoms with Crippen molar-refractivity contribution in [3.63, 3.8) is 0 Å². The molecular formula is C15F10N2O. The summed E-state index contributed by atoms with van der Waals surface area (Å²) in [5.74, 6) is -22.6. The van der Waals surface area contributed by atoms with Crippen molar-refractivity contribution < 1.29 is 48.6 Å². The first-order chi connectivity index (χ1) is 12.9. The summed E-state index contributed by atoms with van der Waals surface area (Å²) >= 11 is 0. The average Bonchev–Trinajstić information content (AvgIpc) is 2.60. The van der Waals surface area contributed by atoms with E-state index >= 15 is 0 Å². The van der Waals surface area contributed by atoms with Crippen molar-refractivity contribution >= 4 is 0 Å². The van der Waals surface area contributed by atoms with Crippen molar-refractivity contribution in [2.24, 2.45) is 0 Å². The van der Waals surface area contributed by atoms with Crippen LogP contribution in [-0.2, 0) is 6.18 Å². The molecule has 0 saturated heterocycles. The Balaban J connectivity index is 2.83. The van der Waals surface area contributed by atoms with Crippen LogP contribution in [-0.4, -0.2) is 0 Å². The molecule has 0 bridgehead atoms. The number of nitriles is 2. The Morgan fingerprint density at radius 2 is 1.00 bits per heavy atom. The van der Waals surface area contributed by atoms with Gasteiger partial charge in [-0.05, 0) is 0 Å². The fourth-order valence-corrected chi connectivity index (χ4v) is 1.99. The maximum absolute atomic E-state index is 13.9. The Morgan fingerprint density at radius 3 is 1.39 bits per heavy atom. The SMILES string of the molecule is N#Cc1c(F)c(F)c(Oc2c(F)c(F)c(C(F)(F)F)c(F)c2F)c(C#N)c1F. The van der Waals surface area contributed by atoms with Gasteiger partial charge in [-0.2, -0.15) is 36.9 Å². The number of halogens is 10. The summed E-state index contributed by atoms with van der Waals surface area (Å²) in [5.41, 5.74) is -6.25. The van der Waals surface area contributed by atoms with Gasteiger partial charge in [0, 0.05) is 0 Å². The highest BCUT2D eigenvalue weighted by Crippen LogP contribution is 2.42. The molecule has 0 unspecified atom stereocenters. The molecule has 0 amide bonds. The summed E-state index contributed by atoms with van der Waals surface area (Å²) in [6.07, 6.45) is -5.88. The van der Waals surface area contributed by atoms with E-state index in [4.69, 9.17) is 10.5 Å². The van der Waals surface area contributed by atoms with Gasteiger partial charge in [0.05, 0.1) is 0 Å². The molecule has 28 heavy (non-hydrogen) atoms. The quantitative estimate of drug-likeness (QED) is 0.501. The van der Waals surface area contributed by atoms with Crippen molar-refractivity contribution in [2.75, 3.05) is 0 Å². The van der Waals surface area contributed by atoms with E-state index in [0.29, 0.717) is 0 Å². The molecule has 0 heterocycles. The molecule has 0 saturated carbocycles. The summed E-state index contributed by atoms with van der Waals surface area (Å²) in [5, 5.41) is 17.3. The van der Waals surface area contributed by atoms with E-state index in [-0.39, 0.29) is 0 Å². The predicted octanol–water partition coefficient (Wildman–Crippen LogP) is 5.21. The number of rotatable bonds is 2. The molecule has 0 aliphatic heterocycles. The van der Waals surface area contributed by atoms with Gasteiger partial charge in [0.15, 0.2) is 29.0 Å². The van der Waals surface area contributed by atoms with Gasteiger partial charge < -0.3 is 4.74 Å². The molecule has 0 atom stereocenters. The fraction of sp³-hybridized carbons (Fsp3) is 0.0667. The highest BCUT2D eigenvalue weighted by atomic mass is 19.4. The van der Waals surface area contributed by atoms with Gasteiger partial charge in [-0.3, -0.25) is 0 Å². The molecule has 2 rings (SSSR count). The van der Waals surface area contributed by atoms with Gasteiger partial charge in [-0.1, -0.05) is 0 Å². The van der Waals surface area contributed by atoms with Crippen LogP contribution < -0.4 is 4.74 Å². The van der Waals surface area contributed by atoms with Crippen LogP contribution in [0, 0.1) is 63.4 Å². The van der Waals surface area contributed by atoms with Gasteiger partial charge in [0.2, 0.25) is 23.2 Å². The second kappa shape index (κ2) is 6.92. The molecule has 2 aromatic carbocycles. The van der Waals surface area contributed by atoms with Crippen LogP contribution in [0.25, 0.3) is 0 Å². The van der Waals surface area contributed by atoms with Crippen LogP contribution >= 0.6 is 0 Å². The van der Waals surface area contributed by atoms with Crippen molar-refractivity contribution in [3.05, 3.63) is 57.4 Å². The third-order valence-electron chi connectivity index (χ3n) is 3.21. The lowest BCUT2D eigenvalue weighted by Crippen LogP contribution is -2.16. The van der Waals surface area contributed by atoms with Gasteiger partial charge in [-0.15, -0.1) is 0 Å². The lowest BCUT2D eigenvalue weighted by Gasteiger charge is -2.16. The van der Waals surface area contributed by atoms with E-state index in [1.54, 1.807) is 0 Å². The average molecular weight is 414 g/mol. The van der Waals surface area contributed by atoms with Crippen molar-refractivity contribution in [2.45, 2.75) is 6.18 Å². The van der Waals surface area contributed by atoms with E-state index in [1.165, 1.54) is 0 Å². The lowest BCUT2D eigenvalue weighted by molar-refractivity contribution is -0.143. The van der Waals surface area contributed by atoms with Crippen LogP contribution in [0.4, 0.5) is 43.9 Å². The second-order valence-electron chi connectivity index (χ2n) is 4.80. The lowest BCUT2D eigenvalue weighted by atomic mass is 10.1. The second-order valence-corrected chi connectivity index (χ2v) is 4.80. The number of hydrogen-bond donors (Lipinski definition) is 0. The van der Waals surface area contributed by atoms with Crippen molar-refractivity contribution in [1.29, 1.82) is 10.5 Å². The van der Waals surface area contributed by atoms with Crippen LogP contribution in [0.5, 0.6) is 11.5 Å². The van der Waals surface area contributed by atoms with E-state index in [1.807, 2.05) is 0 Å². The van der Waals surface area contributed by atoms with Crippen LogP contribution in [0.1, 0.15) is 16.7 Å². The highest BCUT2D eigenvalue weighted by Gasteiger charge is 2.43. The molecule has 13 heteroatoms. The number of hydrogen-bond acceptors (Lipinski definition) is 3. The number of alkyl halides is 3. The molecule has 2 aromatic rings. The minimum Gasteiger partial charge on any atom is -0.446 e. The number of benzene rings is 2. The Hall–Kier alpha value is -3.48. The van der Waals surface area contributed by atoms with Crippen LogP contribution in [0.3, 0.4) is 0 Å². The molecule has 3 nitrogen and oxygen atoms in total. The van der Waals surface area contributed by atoms with Crippen LogP contribution in [0.15, 0.2) is 0 Å². The zero-order valence-electron chi connectivity index (χ0n) is 12.6. The highest BCUT2D eigenvalue weighted by molar-refractivity contribution is 5.53. The van der Waals surface area contributed by atoms with Gasteiger partial charge in [-0.25, -0.2) is 17.6 Å². The third kappa shape index (κ3) is 3.05. The topological polar surface area (TPSA) is 56.8 Å². The van der Waals surface area contributed by atoms with Gasteiger partial charge in [0.1, 0.15) is 28.8 Å². The first-order valence-electron chi connectivity index (χ1n) is 6.50. The Kier molecular flexibility index (Phi) is 5.15. The summed E-state index contributed by atoms with van der Waals surface area (Å²) in [6, 6.07) is 1.71. The van der Waals surface area contributed by atoms with E-state index in [2.05, 4.69) is 4.74 Å². The predicted molar refractivity (Wildman–Crippen MR) is 67.1 cm³/mol. The number of ether oxygens (including phenoxy) is 1. The van der Waals surface area contributed by atoms with Crippen molar-refractivity contribution in [1.82, 2.24) is 0 Å². The van der Waals surface area contributed by atoms with E-state index in [9.17, 15) is 43.9 Å². The Labute approximate surface area is 147 Å². The molecule has 0 N–H and O–H groups in total. The first kappa shape index (κ1) is 20.8. The molecule has 0 spiro atoms. The maximum atomic E-state index is 13.9. The molecule has 0 aliphatic rings. The molecule has 0 aromatic heterocycles. The summed E-state index contributed by atoms with van der Waals surface area (Å²) in [7, 11) is 0. The van der Waals surface area contributed by atoms with Crippen LogP contribution in [0.2, 0.25) is 0 Å². The first-order valence-corrected chi connectivity index (χ1v) is 6.50. The van der Waals surface area contributed by atoms with Gasteiger partial charge in [0.25, 0.3) is 0 Å². The summed E-state index contributed by atoms with van der Waals surface area (Å²) in [4.78, 5) is 0. The van der Waals surface area contributed by atoms with E-state index in [0.717, 1.165) is 12.1 Å². The monoisotopic (exact) mass is 414 g/mol. The Bertz CT molecular complexity index is 1050. The zero-order valence-corrected chi connectivity index (χ0v) is 12.6. The molecule has 0 fully saturated rings. The molecule has 146 valence electrons. The van der Waals surface area contributed by atoms with Gasteiger partial charge >= 0.3 is 6.18 Å². The minimum absolute atomic E-state index is 0.845. The van der Waals surface area contributed by atoms with Crippen molar-refractivity contribution in [3.8, 4) is 23.6 Å². The van der Waals surface area contributed by atoms with E-state index < -0.39 is 75.1 Å². The number of nitrogens with zero attached hydrogens (tertiary/aromatic N) is 2.